The molecule has 0 aromatic heterocycles. The van der Waals surface area contributed by atoms with Crippen molar-refractivity contribution in [3.63, 3.8) is 0 Å². The molecule has 4 N–H and O–H groups in total. The monoisotopic (exact) mass is 898 g/mol. The molecular weight excluding hydrogens is 806 g/mol. The van der Waals surface area contributed by atoms with Gasteiger partial charge in [0.15, 0.2) is 6.04 Å². The molecule has 0 bridgehead atoms. The van der Waals surface area contributed by atoms with Crippen LogP contribution < -0.4 is 5.32 Å². The summed E-state index contributed by atoms with van der Waals surface area (Å²) in [7, 11) is -4.76. The van der Waals surface area contributed by atoms with Crippen molar-refractivity contribution >= 4 is 25.7 Å². The van der Waals surface area contributed by atoms with E-state index in [1.165, 1.54) is 135 Å². The third kappa shape index (κ3) is 44.3. The smallest absolute Gasteiger partial charge is 0.472 e. The Morgan fingerprint density at radius 1 is 0.516 bits per heavy atom. The van der Waals surface area contributed by atoms with Crippen molar-refractivity contribution < 1.29 is 47.8 Å². The van der Waals surface area contributed by atoms with E-state index in [-0.39, 0.29) is 12.8 Å². The van der Waals surface area contributed by atoms with Crippen molar-refractivity contribution in [3.05, 3.63) is 36.5 Å². The molecule has 62 heavy (non-hydrogen) atoms. The highest BCUT2D eigenvalue weighted by Crippen LogP contribution is 2.43. The largest absolute Gasteiger partial charge is 0.480 e. The first-order chi connectivity index (χ1) is 30.1. The van der Waals surface area contributed by atoms with Gasteiger partial charge in [0.2, 0.25) is 5.91 Å². The molecule has 0 fully saturated rings. The van der Waals surface area contributed by atoms with Crippen LogP contribution in [-0.2, 0) is 32.7 Å². The molecular formula is C50H92NO10P. The molecule has 0 aliphatic heterocycles. The number of nitrogens with one attached hydrogen (secondary N) is 1. The number of aliphatic hydroxyl groups excluding tert-OH is 1. The number of carbonyl (C=O) groups excluding carboxylic acids is 2. The number of phosphoric acid groups is 1. The van der Waals surface area contributed by atoms with Gasteiger partial charge in [-0.05, 0) is 51.4 Å². The van der Waals surface area contributed by atoms with Crippen molar-refractivity contribution in [2.45, 2.75) is 244 Å². The fourth-order valence-corrected chi connectivity index (χ4v) is 7.80. The summed E-state index contributed by atoms with van der Waals surface area (Å²) in [6.45, 7) is 2.59. The van der Waals surface area contributed by atoms with Crippen LogP contribution in [0.15, 0.2) is 36.5 Å². The maximum Gasteiger partial charge on any atom is 0.472 e. The van der Waals surface area contributed by atoms with E-state index in [4.69, 9.17) is 13.8 Å². The number of rotatable bonds is 47. The van der Waals surface area contributed by atoms with E-state index in [0.717, 1.165) is 57.8 Å². The van der Waals surface area contributed by atoms with Gasteiger partial charge in [-0.1, -0.05) is 204 Å². The molecule has 11 nitrogen and oxygen atoms in total. The molecule has 3 atom stereocenters. The first kappa shape index (κ1) is 59.7. The van der Waals surface area contributed by atoms with Gasteiger partial charge in [0, 0.05) is 12.8 Å². The maximum absolute atomic E-state index is 12.3. The summed E-state index contributed by atoms with van der Waals surface area (Å²) in [5.74, 6) is -2.37. The standard InChI is InChI=1S/C50H92NO10P/c1-3-5-7-9-11-13-15-17-19-21-22-23-24-26-28-30-32-34-36-38-40-42-49(54)59-43-46(52)44-60-62(57,58)61-45-47(50(55)56)51-48(53)41-39-37-35-33-31-29-27-25-20-18-16-14-12-10-8-6-4-2/h11,13,17,19,22-23,46-47,52H,3-10,12,14-16,18,20-21,24-45H2,1-2H3,(H,51,53)(H,55,56)(H,57,58)/b13-11-,19-17-,23-22-. The van der Waals surface area contributed by atoms with Gasteiger partial charge in [-0.25, -0.2) is 9.36 Å². The summed E-state index contributed by atoms with van der Waals surface area (Å²) in [5, 5.41) is 21.9. The lowest BCUT2D eigenvalue weighted by Crippen LogP contribution is -2.43. The number of amides is 1. The van der Waals surface area contributed by atoms with Crippen LogP contribution in [0, 0.1) is 0 Å². The summed E-state index contributed by atoms with van der Waals surface area (Å²) in [6.07, 6.45) is 50.1. The van der Waals surface area contributed by atoms with Crippen LogP contribution in [-0.4, -0.2) is 64.9 Å². The zero-order chi connectivity index (χ0) is 45.6. The average Bonchev–Trinajstić information content (AvgIpc) is 3.25. The lowest BCUT2D eigenvalue weighted by Gasteiger charge is -2.18. The SMILES string of the molecule is CCCCC/C=C\C/C=C\C/C=C\CCCCCCCCCCC(=O)OCC(O)COP(=O)(O)OCC(NC(=O)CCCCCCCCCCCCCCCCCCC)C(=O)O. The van der Waals surface area contributed by atoms with E-state index in [1.807, 2.05) is 0 Å². The van der Waals surface area contributed by atoms with Crippen molar-refractivity contribution in [2.75, 3.05) is 19.8 Å². The lowest BCUT2D eigenvalue weighted by atomic mass is 10.0. The van der Waals surface area contributed by atoms with Gasteiger partial charge in [0.1, 0.15) is 12.7 Å². The number of phosphoric ester groups is 1. The Kier molecular flexibility index (Phi) is 43.6. The zero-order valence-electron chi connectivity index (χ0n) is 39.4. The van der Waals surface area contributed by atoms with E-state index in [2.05, 4.69) is 55.6 Å². The highest BCUT2D eigenvalue weighted by atomic mass is 31.2. The number of allylic oxidation sites excluding steroid dienone is 6. The van der Waals surface area contributed by atoms with Crippen LogP contribution in [0.2, 0.25) is 0 Å². The molecule has 1 amide bonds. The second kappa shape index (κ2) is 45.3. The van der Waals surface area contributed by atoms with Gasteiger partial charge in [-0.3, -0.25) is 18.6 Å². The number of hydrogen-bond acceptors (Lipinski definition) is 8. The number of carboxylic acids is 1. The number of hydrogen-bond donors (Lipinski definition) is 4. The van der Waals surface area contributed by atoms with Gasteiger partial charge < -0.3 is 25.2 Å². The Hall–Kier alpha value is -2.30. The number of ether oxygens (including phenoxy) is 1. The summed E-state index contributed by atoms with van der Waals surface area (Å²) < 4.78 is 26.9. The molecule has 0 aliphatic rings. The molecule has 0 saturated heterocycles. The minimum Gasteiger partial charge on any atom is -0.480 e. The topological polar surface area (TPSA) is 169 Å². The molecule has 0 radical (unpaired) electrons. The first-order valence-corrected chi connectivity index (χ1v) is 26.5. The second-order valence-corrected chi connectivity index (χ2v) is 18.5. The number of aliphatic carboxylic acids is 1. The second-order valence-electron chi connectivity index (χ2n) is 17.0. The van der Waals surface area contributed by atoms with Gasteiger partial charge >= 0.3 is 19.8 Å². The molecule has 0 aromatic carbocycles. The predicted octanol–water partition coefficient (Wildman–Crippen LogP) is 13.6. The minimum absolute atomic E-state index is 0.149. The summed E-state index contributed by atoms with van der Waals surface area (Å²) in [4.78, 5) is 46.1. The summed E-state index contributed by atoms with van der Waals surface area (Å²) in [6, 6.07) is -1.54. The van der Waals surface area contributed by atoms with Crippen molar-refractivity contribution in [1.29, 1.82) is 0 Å². The Balaban J connectivity index is 3.83. The van der Waals surface area contributed by atoms with Crippen LogP contribution >= 0.6 is 7.82 Å². The molecule has 12 heteroatoms. The first-order valence-electron chi connectivity index (χ1n) is 25.0. The van der Waals surface area contributed by atoms with E-state index in [1.54, 1.807) is 0 Å². The number of carboxylic acid groups (broad SMARTS) is 1. The lowest BCUT2D eigenvalue weighted by molar-refractivity contribution is -0.147. The van der Waals surface area contributed by atoms with E-state index >= 15 is 0 Å². The molecule has 362 valence electrons. The van der Waals surface area contributed by atoms with Crippen LogP contribution in [0.5, 0.6) is 0 Å². The van der Waals surface area contributed by atoms with Crippen molar-refractivity contribution in [1.82, 2.24) is 5.32 Å². The van der Waals surface area contributed by atoms with Crippen LogP contribution in [0.1, 0.15) is 232 Å². The highest BCUT2D eigenvalue weighted by Gasteiger charge is 2.28. The van der Waals surface area contributed by atoms with E-state index in [0.29, 0.717) is 12.8 Å². The average molecular weight is 898 g/mol. The normalized spacial score (nSPS) is 13.9. The molecule has 3 unspecified atom stereocenters. The Labute approximate surface area is 378 Å². The third-order valence-electron chi connectivity index (χ3n) is 10.9. The third-order valence-corrected chi connectivity index (χ3v) is 11.9. The van der Waals surface area contributed by atoms with Crippen LogP contribution in [0.4, 0.5) is 0 Å². The predicted molar refractivity (Wildman–Crippen MR) is 254 cm³/mol. The van der Waals surface area contributed by atoms with Crippen LogP contribution in [0.25, 0.3) is 0 Å². The number of esters is 1. The van der Waals surface area contributed by atoms with Gasteiger partial charge in [-0.2, -0.15) is 0 Å². The molecule has 0 spiro atoms. The van der Waals surface area contributed by atoms with Crippen LogP contribution in [0.3, 0.4) is 0 Å². The fourth-order valence-electron chi connectivity index (χ4n) is 7.03. The molecule has 0 rings (SSSR count). The minimum atomic E-state index is -4.76. The van der Waals surface area contributed by atoms with Gasteiger partial charge in [-0.15, -0.1) is 0 Å². The summed E-state index contributed by atoms with van der Waals surface area (Å²) >= 11 is 0. The molecule has 0 heterocycles. The molecule has 0 aromatic rings. The fraction of sp³-hybridized carbons (Fsp3) is 0.820. The van der Waals surface area contributed by atoms with Gasteiger partial charge in [0.25, 0.3) is 0 Å². The van der Waals surface area contributed by atoms with Crippen molar-refractivity contribution in [3.8, 4) is 0 Å². The highest BCUT2D eigenvalue weighted by molar-refractivity contribution is 7.47. The van der Waals surface area contributed by atoms with Crippen molar-refractivity contribution in [2.24, 2.45) is 0 Å². The zero-order valence-corrected chi connectivity index (χ0v) is 40.3. The quantitative estimate of drug-likeness (QED) is 0.0200. The summed E-state index contributed by atoms with van der Waals surface area (Å²) in [5.41, 5.74) is 0. The maximum atomic E-state index is 12.3. The molecule has 0 aliphatic carbocycles. The number of carbonyl (C=O) groups is 3. The molecule has 0 saturated carbocycles. The Morgan fingerprint density at radius 3 is 1.35 bits per heavy atom. The number of aliphatic hydroxyl groups is 1. The Bertz CT molecular complexity index is 1190. The van der Waals surface area contributed by atoms with E-state index < -0.39 is 57.6 Å². The Morgan fingerprint density at radius 2 is 0.887 bits per heavy atom. The number of unbranched alkanes of at least 4 members (excludes halogenated alkanes) is 27. The van der Waals surface area contributed by atoms with Gasteiger partial charge in [0.05, 0.1) is 13.2 Å². The van der Waals surface area contributed by atoms with E-state index in [9.17, 15) is 34.1 Å².